The van der Waals surface area contributed by atoms with Crippen molar-refractivity contribution < 1.29 is 19.4 Å². The fraction of sp³-hybridized carbons (Fsp3) is 0.857. The first-order valence-corrected chi connectivity index (χ1v) is 13.6. The number of carboxylic acid groups (broad SMARTS) is 1. The molecular weight excluding hydrogens is 400 g/mol. The highest BCUT2D eigenvalue weighted by Crippen LogP contribution is 2.17. The van der Waals surface area contributed by atoms with E-state index in [0.717, 1.165) is 25.7 Å². The molecule has 0 saturated heterocycles. The van der Waals surface area contributed by atoms with Crippen molar-refractivity contribution in [1.29, 1.82) is 0 Å². The molecule has 1 N–H and O–H groups in total. The second-order valence-corrected chi connectivity index (χ2v) is 9.25. The first kappa shape index (κ1) is 30.7. The number of aliphatic carboxylic acids is 1. The second kappa shape index (κ2) is 24.3. The van der Waals surface area contributed by atoms with E-state index in [2.05, 4.69) is 19.1 Å². The summed E-state index contributed by atoms with van der Waals surface area (Å²) < 4.78 is 5.01. The summed E-state index contributed by atoms with van der Waals surface area (Å²) in [6.07, 6.45) is 27.7. The van der Waals surface area contributed by atoms with Crippen LogP contribution in [0.3, 0.4) is 0 Å². The van der Waals surface area contributed by atoms with Gasteiger partial charge in [-0.1, -0.05) is 109 Å². The molecule has 4 nitrogen and oxygen atoms in total. The van der Waals surface area contributed by atoms with Crippen molar-refractivity contribution in [2.75, 3.05) is 6.61 Å². The van der Waals surface area contributed by atoms with Crippen molar-refractivity contribution in [3.8, 4) is 0 Å². The van der Waals surface area contributed by atoms with Gasteiger partial charge >= 0.3 is 11.9 Å². The number of ether oxygens (including phenoxy) is 1. The molecule has 0 aromatic heterocycles. The standard InChI is InChI=1S/C28H52O4/c1-3-5-6-7-8-9-10-11-12-13-14-15-16-17-18-19-20-21-22-23-26(28(30)31)25-27(29)32-24-4-2/h9-10,26H,3-8,11-25H2,1-2H3,(H,30,31)/b10-9+. The van der Waals surface area contributed by atoms with E-state index in [1.807, 2.05) is 6.92 Å². The number of rotatable bonds is 24. The van der Waals surface area contributed by atoms with Crippen LogP contribution in [0.1, 0.15) is 142 Å². The summed E-state index contributed by atoms with van der Waals surface area (Å²) in [6, 6.07) is 0. The van der Waals surface area contributed by atoms with Crippen molar-refractivity contribution in [3.63, 3.8) is 0 Å². The molecule has 1 unspecified atom stereocenters. The molecule has 0 amide bonds. The summed E-state index contributed by atoms with van der Waals surface area (Å²) in [5.74, 6) is -1.86. The van der Waals surface area contributed by atoms with Gasteiger partial charge in [0.1, 0.15) is 0 Å². The number of esters is 1. The lowest BCUT2D eigenvalue weighted by molar-refractivity contribution is -0.151. The van der Waals surface area contributed by atoms with Crippen LogP contribution in [-0.2, 0) is 14.3 Å². The van der Waals surface area contributed by atoms with Gasteiger partial charge in [0.15, 0.2) is 0 Å². The quantitative estimate of drug-likeness (QED) is 0.0904. The van der Waals surface area contributed by atoms with Crippen LogP contribution in [0, 0.1) is 5.92 Å². The number of hydrogen-bond donors (Lipinski definition) is 1. The first-order chi connectivity index (χ1) is 15.6. The molecule has 0 saturated carbocycles. The van der Waals surface area contributed by atoms with E-state index in [-0.39, 0.29) is 12.4 Å². The maximum Gasteiger partial charge on any atom is 0.307 e. The molecule has 0 rings (SSSR count). The molecule has 0 radical (unpaired) electrons. The minimum Gasteiger partial charge on any atom is -0.481 e. The fourth-order valence-electron chi connectivity index (χ4n) is 3.96. The molecule has 0 aromatic rings. The molecule has 0 heterocycles. The molecule has 4 heteroatoms. The summed E-state index contributed by atoms with van der Waals surface area (Å²) in [4.78, 5) is 22.9. The maximum absolute atomic E-state index is 11.6. The van der Waals surface area contributed by atoms with Crippen LogP contribution in [0.4, 0.5) is 0 Å². The molecular formula is C28H52O4. The van der Waals surface area contributed by atoms with E-state index in [4.69, 9.17) is 4.74 Å². The summed E-state index contributed by atoms with van der Waals surface area (Å²) >= 11 is 0. The van der Waals surface area contributed by atoms with Crippen LogP contribution in [0.15, 0.2) is 12.2 Å². The monoisotopic (exact) mass is 452 g/mol. The summed E-state index contributed by atoms with van der Waals surface area (Å²) in [5, 5.41) is 9.29. The Hall–Kier alpha value is -1.32. The molecule has 0 fully saturated rings. The van der Waals surface area contributed by atoms with Crippen LogP contribution >= 0.6 is 0 Å². The third-order valence-corrected chi connectivity index (χ3v) is 6.04. The smallest absolute Gasteiger partial charge is 0.307 e. The van der Waals surface area contributed by atoms with E-state index in [0.29, 0.717) is 13.0 Å². The SMILES string of the molecule is CCCCCC/C=C/CCCCCCCCCCCCCC(CC(=O)OCCC)C(=O)O. The third kappa shape index (κ3) is 21.9. The average Bonchev–Trinajstić information content (AvgIpc) is 2.78. The van der Waals surface area contributed by atoms with Gasteiger partial charge in [-0.2, -0.15) is 0 Å². The Morgan fingerprint density at radius 1 is 0.688 bits per heavy atom. The van der Waals surface area contributed by atoms with Crippen molar-refractivity contribution in [3.05, 3.63) is 12.2 Å². The van der Waals surface area contributed by atoms with Crippen LogP contribution in [0.25, 0.3) is 0 Å². The van der Waals surface area contributed by atoms with Crippen LogP contribution in [-0.4, -0.2) is 23.7 Å². The minimum atomic E-state index is -0.878. The largest absolute Gasteiger partial charge is 0.481 e. The molecule has 32 heavy (non-hydrogen) atoms. The van der Waals surface area contributed by atoms with E-state index in [9.17, 15) is 14.7 Å². The van der Waals surface area contributed by atoms with Crippen molar-refractivity contribution >= 4 is 11.9 Å². The third-order valence-electron chi connectivity index (χ3n) is 6.04. The van der Waals surface area contributed by atoms with Crippen LogP contribution in [0.2, 0.25) is 0 Å². The van der Waals surface area contributed by atoms with Gasteiger partial charge in [-0.05, 0) is 38.5 Å². The van der Waals surface area contributed by atoms with Crippen molar-refractivity contribution in [2.45, 2.75) is 142 Å². The predicted molar refractivity (Wildman–Crippen MR) is 135 cm³/mol. The van der Waals surface area contributed by atoms with E-state index in [1.54, 1.807) is 0 Å². The van der Waals surface area contributed by atoms with E-state index in [1.165, 1.54) is 89.9 Å². The lowest BCUT2D eigenvalue weighted by Crippen LogP contribution is -2.19. The van der Waals surface area contributed by atoms with Crippen LogP contribution in [0.5, 0.6) is 0 Å². The normalized spacial score (nSPS) is 12.3. The van der Waals surface area contributed by atoms with E-state index >= 15 is 0 Å². The maximum atomic E-state index is 11.6. The molecule has 188 valence electrons. The Balaban J connectivity index is 3.41. The highest BCUT2D eigenvalue weighted by Gasteiger charge is 2.21. The first-order valence-electron chi connectivity index (χ1n) is 13.6. The van der Waals surface area contributed by atoms with Gasteiger partial charge in [0, 0.05) is 0 Å². The number of carbonyl (C=O) groups excluding carboxylic acids is 1. The molecule has 1 atom stereocenters. The highest BCUT2D eigenvalue weighted by molar-refractivity contribution is 5.78. The Labute approximate surface area is 198 Å². The summed E-state index contributed by atoms with van der Waals surface area (Å²) in [6.45, 7) is 4.57. The number of allylic oxidation sites excluding steroid dienone is 2. The number of hydrogen-bond acceptors (Lipinski definition) is 3. The number of carboxylic acids is 1. The van der Waals surface area contributed by atoms with Crippen molar-refractivity contribution in [1.82, 2.24) is 0 Å². The zero-order valence-corrected chi connectivity index (χ0v) is 21.3. The molecule has 0 bridgehead atoms. The molecule has 0 aliphatic carbocycles. The minimum absolute atomic E-state index is 0.00463. The molecule has 0 spiro atoms. The summed E-state index contributed by atoms with van der Waals surface area (Å²) in [7, 11) is 0. The zero-order valence-electron chi connectivity index (χ0n) is 21.3. The van der Waals surface area contributed by atoms with Crippen LogP contribution < -0.4 is 0 Å². The average molecular weight is 453 g/mol. The fourth-order valence-corrected chi connectivity index (χ4v) is 3.96. The molecule has 0 aliphatic heterocycles. The van der Waals surface area contributed by atoms with Gasteiger partial charge in [0.25, 0.3) is 0 Å². The Bertz CT molecular complexity index is 458. The van der Waals surface area contributed by atoms with Gasteiger partial charge in [0.05, 0.1) is 18.9 Å². The second-order valence-electron chi connectivity index (χ2n) is 9.25. The zero-order chi connectivity index (χ0) is 23.7. The van der Waals surface area contributed by atoms with E-state index < -0.39 is 11.9 Å². The van der Waals surface area contributed by atoms with Gasteiger partial charge in [-0.15, -0.1) is 0 Å². The Morgan fingerprint density at radius 2 is 1.16 bits per heavy atom. The molecule has 0 aliphatic rings. The van der Waals surface area contributed by atoms with Crippen molar-refractivity contribution in [2.24, 2.45) is 5.92 Å². The van der Waals surface area contributed by atoms with Gasteiger partial charge in [0.2, 0.25) is 0 Å². The number of unbranched alkanes of at least 4 members (excludes halogenated alkanes) is 15. The lowest BCUT2D eigenvalue weighted by Gasteiger charge is -2.11. The van der Waals surface area contributed by atoms with Gasteiger partial charge in [-0.25, -0.2) is 0 Å². The topological polar surface area (TPSA) is 63.6 Å². The number of carbonyl (C=O) groups is 2. The Morgan fingerprint density at radius 3 is 1.62 bits per heavy atom. The lowest BCUT2D eigenvalue weighted by atomic mass is 9.97. The van der Waals surface area contributed by atoms with Gasteiger partial charge in [-0.3, -0.25) is 9.59 Å². The molecule has 0 aromatic carbocycles. The highest BCUT2D eigenvalue weighted by atomic mass is 16.5. The summed E-state index contributed by atoms with van der Waals surface area (Å²) in [5.41, 5.74) is 0. The Kier molecular flexibility index (Phi) is 23.3. The predicted octanol–water partition coefficient (Wildman–Crippen LogP) is 8.63. The van der Waals surface area contributed by atoms with Gasteiger partial charge < -0.3 is 9.84 Å².